The Balaban J connectivity index is 1.64. The van der Waals surface area contributed by atoms with Gasteiger partial charge in [0.1, 0.15) is 0 Å². The van der Waals surface area contributed by atoms with E-state index in [9.17, 15) is 9.59 Å². The fourth-order valence-electron chi connectivity index (χ4n) is 3.69. The average Bonchev–Trinajstić information content (AvgIpc) is 3.17. The van der Waals surface area contributed by atoms with E-state index >= 15 is 0 Å². The molecule has 0 unspecified atom stereocenters. The normalized spacial score (nSPS) is 11.5. The number of hydrazone groups is 1. The van der Waals surface area contributed by atoms with E-state index in [1.54, 1.807) is 30.2 Å². The predicted molar refractivity (Wildman–Crippen MR) is 124 cm³/mol. The summed E-state index contributed by atoms with van der Waals surface area (Å²) < 4.78 is 3.04. The third-order valence-electron chi connectivity index (χ3n) is 5.28. The van der Waals surface area contributed by atoms with Crippen molar-refractivity contribution in [3.05, 3.63) is 99.0 Å². The molecular weight excluding hydrogens is 406 g/mol. The second-order valence-electron chi connectivity index (χ2n) is 7.31. The number of rotatable bonds is 5. The highest BCUT2D eigenvalue weighted by molar-refractivity contribution is 5.86. The summed E-state index contributed by atoms with van der Waals surface area (Å²) in [5.41, 5.74) is 4.28. The molecule has 0 radical (unpaired) electrons. The minimum absolute atomic E-state index is 0.276. The maximum Gasteiger partial charge on any atom is 0.329 e. The maximum atomic E-state index is 12.7. The number of benzene rings is 2. The molecule has 0 aliphatic rings. The van der Waals surface area contributed by atoms with Crippen LogP contribution in [0.5, 0.6) is 0 Å². The van der Waals surface area contributed by atoms with Gasteiger partial charge in [0.15, 0.2) is 11.2 Å². The first-order valence-corrected chi connectivity index (χ1v) is 9.97. The first-order chi connectivity index (χ1) is 15.6. The fraction of sp³-hybridized carbons (Fsp3) is 0.0870. The van der Waals surface area contributed by atoms with E-state index < -0.39 is 11.2 Å². The van der Waals surface area contributed by atoms with Crippen molar-refractivity contribution in [3.63, 3.8) is 0 Å². The number of aromatic amines is 1. The van der Waals surface area contributed by atoms with E-state index in [2.05, 4.69) is 25.5 Å². The first-order valence-electron chi connectivity index (χ1n) is 9.97. The van der Waals surface area contributed by atoms with Crippen molar-refractivity contribution in [2.24, 2.45) is 12.1 Å². The Hall–Kier alpha value is -4.53. The van der Waals surface area contributed by atoms with Crippen molar-refractivity contribution in [2.75, 3.05) is 5.43 Å². The number of hydrogen-bond donors (Lipinski definition) is 2. The lowest BCUT2D eigenvalue weighted by atomic mass is 10.0. The summed E-state index contributed by atoms with van der Waals surface area (Å²) in [6, 6.07) is 17.7. The van der Waals surface area contributed by atoms with E-state index in [-0.39, 0.29) is 5.65 Å². The topological polar surface area (TPSA) is 110 Å². The SMILES string of the molecule is Cn1c(=O)[nH]c(=O)c2c1nc(NN=Cc1cccnc1)n2Cc1cccc2ccccc12. The fourth-order valence-corrected chi connectivity index (χ4v) is 3.69. The quantitative estimate of drug-likeness (QED) is 0.332. The molecule has 9 heteroatoms. The Kier molecular flexibility index (Phi) is 4.83. The zero-order valence-electron chi connectivity index (χ0n) is 17.2. The third-order valence-corrected chi connectivity index (χ3v) is 5.28. The lowest BCUT2D eigenvalue weighted by Crippen LogP contribution is -2.29. The van der Waals surface area contributed by atoms with Crippen LogP contribution in [0.25, 0.3) is 21.9 Å². The third kappa shape index (κ3) is 3.45. The number of pyridine rings is 1. The molecule has 0 fully saturated rings. The van der Waals surface area contributed by atoms with Crippen molar-refractivity contribution in [1.82, 2.24) is 24.1 Å². The van der Waals surface area contributed by atoms with Crippen LogP contribution in [0.15, 0.2) is 81.7 Å². The molecule has 5 aromatic rings. The van der Waals surface area contributed by atoms with E-state index in [0.29, 0.717) is 18.0 Å². The van der Waals surface area contributed by atoms with Crippen LogP contribution in [0, 0.1) is 0 Å². The van der Waals surface area contributed by atoms with Gasteiger partial charge < -0.3 is 0 Å². The van der Waals surface area contributed by atoms with Crippen molar-refractivity contribution < 1.29 is 0 Å². The minimum atomic E-state index is -0.525. The van der Waals surface area contributed by atoms with E-state index in [1.807, 2.05) is 54.6 Å². The largest absolute Gasteiger partial charge is 0.329 e. The van der Waals surface area contributed by atoms with Gasteiger partial charge >= 0.3 is 5.69 Å². The molecule has 3 aromatic heterocycles. The summed E-state index contributed by atoms with van der Waals surface area (Å²) in [5, 5.41) is 6.42. The Morgan fingerprint density at radius 1 is 1.09 bits per heavy atom. The molecule has 0 aliphatic carbocycles. The van der Waals surface area contributed by atoms with Crippen LogP contribution in [0.4, 0.5) is 5.95 Å². The zero-order valence-corrected chi connectivity index (χ0v) is 17.2. The van der Waals surface area contributed by atoms with Gasteiger partial charge in [-0.1, -0.05) is 48.5 Å². The van der Waals surface area contributed by atoms with Gasteiger partial charge in [-0.2, -0.15) is 10.1 Å². The van der Waals surface area contributed by atoms with Gasteiger partial charge in [0.05, 0.1) is 12.8 Å². The molecule has 0 atom stereocenters. The molecule has 32 heavy (non-hydrogen) atoms. The molecular formula is C23H19N7O2. The van der Waals surface area contributed by atoms with Crippen LogP contribution >= 0.6 is 0 Å². The van der Waals surface area contributed by atoms with Gasteiger partial charge in [0.25, 0.3) is 5.56 Å². The molecule has 5 rings (SSSR count). The van der Waals surface area contributed by atoms with Crippen molar-refractivity contribution in [1.29, 1.82) is 0 Å². The predicted octanol–water partition coefficient (Wildman–Crippen LogP) is 2.47. The minimum Gasteiger partial charge on any atom is -0.298 e. The molecule has 2 aromatic carbocycles. The number of anilines is 1. The van der Waals surface area contributed by atoms with E-state index in [1.165, 1.54) is 4.57 Å². The Labute approximate surface area is 181 Å². The van der Waals surface area contributed by atoms with Gasteiger partial charge in [-0.15, -0.1) is 0 Å². The summed E-state index contributed by atoms with van der Waals surface area (Å²) >= 11 is 0. The molecule has 3 heterocycles. The summed E-state index contributed by atoms with van der Waals surface area (Å²) in [4.78, 5) is 35.8. The molecule has 158 valence electrons. The molecule has 0 bridgehead atoms. The monoisotopic (exact) mass is 425 g/mol. The van der Waals surface area contributed by atoms with E-state index in [0.717, 1.165) is 21.9 Å². The van der Waals surface area contributed by atoms with Gasteiger partial charge in [0.2, 0.25) is 5.95 Å². The summed E-state index contributed by atoms with van der Waals surface area (Å²) in [7, 11) is 1.57. The van der Waals surface area contributed by atoms with Crippen molar-refractivity contribution >= 4 is 34.1 Å². The molecule has 0 aliphatic heterocycles. The Morgan fingerprint density at radius 3 is 2.78 bits per heavy atom. The molecule has 0 saturated heterocycles. The summed E-state index contributed by atoms with van der Waals surface area (Å²) in [6.45, 7) is 0.365. The van der Waals surface area contributed by atoms with Gasteiger partial charge in [-0.25, -0.2) is 10.2 Å². The van der Waals surface area contributed by atoms with Crippen LogP contribution in [-0.2, 0) is 13.6 Å². The highest BCUT2D eigenvalue weighted by Gasteiger charge is 2.18. The lowest BCUT2D eigenvalue weighted by molar-refractivity contribution is 0.811. The molecule has 0 saturated carbocycles. The van der Waals surface area contributed by atoms with Crippen LogP contribution in [0.1, 0.15) is 11.1 Å². The smallest absolute Gasteiger partial charge is 0.298 e. The van der Waals surface area contributed by atoms with Gasteiger partial charge in [-0.3, -0.25) is 23.9 Å². The van der Waals surface area contributed by atoms with Gasteiger partial charge in [0, 0.05) is 25.0 Å². The number of hydrogen-bond acceptors (Lipinski definition) is 6. The molecule has 0 spiro atoms. The van der Waals surface area contributed by atoms with Crippen LogP contribution in [-0.4, -0.2) is 30.3 Å². The van der Waals surface area contributed by atoms with Gasteiger partial charge in [-0.05, 0) is 22.4 Å². The van der Waals surface area contributed by atoms with Crippen LogP contribution in [0.2, 0.25) is 0 Å². The number of nitrogens with zero attached hydrogens (tertiary/aromatic N) is 5. The molecule has 0 amide bonds. The first kappa shape index (κ1) is 19.4. The van der Waals surface area contributed by atoms with Crippen LogP contribution in [0.3, 0.4) is 0 Å². The lowest BCUT2D eigenvalue weighted by Gasteiger charge is -2.11. The maximum absolute atomic E-state index is 12.7. The zero-order chi connectivity index (χ0) is 22.1. The highest BCUT2D eigenvalue weighted by atomic mass is 16.2. The van der Waals surface area contributed by atoms with Crippen LogP contribution < -0.4 is 16.7 Å². The Bertz CT molecular complexity index is 1570. The number of aromatic nitrogens is 5. The number of aryl methyl sites for hydroxylation is 1. The highest BCUT2D eigenvalue weighted by Crippen LogP contribution is 2.23. The molecule has 9 nitrogen and oxygen atoms in total. The molecule has 2 N–H and O–H groups in total. The number of nitrogens with one attached hydrogen (secondary N) is 2. The summed E-state index contributed by atoms with van der Waals surface area (Å²) in [5.74, 6) is 0.347. The van der Waals surface area contributed by atoms with Crippen molar-refractivity contribution in [3.8, 4) is 0 Å². The summed E-state index contributed by atoms with van der Waals surface area (Å²) in [6.07, 6.45) is 4.97. The van der Waals surface area contributed by atoms with E-state index in [4.69, 9.17) is 0 Å². The second-order valence-corrected chi connectivity index (χ2v) is 7.31. The number of fused-ring (bicyclic) bond motifs is 2. The van der Waals surface area contributed by atoms with Crippen molar-refractivity contribution in [2.45, 2.75) is 6.54 Å². The number of imidazole rings is 1. The number of H-pyrrole nitrogens is 1. The Morgan fingerprint density at radius 2 is 1.94 bits per heavy atom. The average molecular weight is 425 g/mol. The standard InChI is InChI=1S/C23H19N7O2/c1-29-20-19(21(31)27-23(29)32)30(14-17-9-4-8-16-7-2-3-10-18(16)17)22(26-20)28-25-13-15-6-5-11-24-12-15/h2-13H,14H2,1H3,(H,26,28)(H,27,31,32). The second kappa shape index (κ2) is 7.95.